The summed E-state index contributed by atoms with van der Waals surface area (Å²) >= 11 is 0. The summed E-state index contributed by atoms with van der Waals surface area (Å²) in [5, 5.41) is 0. The predicted molar refractivity (Wildman–Crippen MR) is 94.2 cm³/mol. The van der Waals surface area contributed by atoms with Gasteiger partial charge in [-0.05, 0) is 40.5 Å². The van der Waals surface area contributed by atoms with Gasteiger partial charge in [-0.2, -0.15) is 0 Å². The van der Waals surface area contributed by atoms with Crippen LogP contribution in [0.1, 0.15) is 22.3 Å². The number of benzene rings is 3. The number of terminal acetylenes is 1. The van der Waals surface area contributed by atoms with Gasteiger partial charge in [0.05, 0.1) is 0 Å². The first-order chi connectivity index (χ1) is 10.9. The van der Waals surface area contributed by atoms with Gasteiger partial charge >= 0.3 is 0 Å². The molecule has 0 N–H and O–H groups in total. The molecule has 0 saturated carbocycles. The summed E-state index contributed by atoms with van der Waals surface area (Å²) < 4.78 is 0. The third-order valence-corrected chi connectivity index (χ3v) is 3.56. The standard InChI is InChI=1S/C22H16/c1-2-18-13-15-21(16-14-18)22(20-11-7-4-8-12-20)17-19-9-5-3-6-10-19/h1,3-17H. The lowest BCUT2D eigenvalue weighted by atomic mass is 9.95. The molecule has 104 valence electrons. The predicted octanol–water partition coefficient (Wildman–Crippen LogP) is 5.26. The van der Waals surface area contributed by atoms with Crippen LogP contribution in [0.2, 0.25) is 0 Å². The molecule has 0 spiro atoms. The first kappa shape index (κ1) is 13.9. The smallest absolute Gasteiger partial charge is 0.0243 e. The van der Waals surface area contributed by atoms with E-state index in [-0.39, 0.29) is 0 Å². The summed E-state index contributed by atoms with van der Waals surface area (Å²) in [6.45, 7) is 0. The van der Waals surface area contributed by atoms with Crippen molar-refractivity contribution in [2.45, 2.75) is 0 Å². The van der Waals surface area contributed by atoms with Crippen LogP contribution in [0.4, 0.5) is 0 Å². The highest BCUT2D eigenvalue weighted by molar-refractivity contribution is 5.91. The molecule has 3 aromatic rings. The van der Waals surface area contributed by atoms with Gasteiger partial charge in [0, 0.05) is 5.56 Å². The van der Waals surface area contributed by atoms with Crippen LogP contribution in [0.15, 0.2) is 84.9 Å². The van der Waals surface area contributed by atoms with Crippen LogP contribution in [0, 0.1) is 12.3 Å². The van der Waals surface area contributed by atoms with Gasteiger partial charge in [-0.1, -0.05) is 78.7 Å². The van der Waals surface area contributed by atoms with E-state index in [2.05, 4.69) is 72.7 Å². The molecule has 0 saturated heterocycles. The minimum absolute atomic E-state index is 0.899. The van der Waals surface area contributed by atoms with E-state index in [4.69, 9.17) is 6.42 Å². The van der Waals surface area contributed by atoms with Crippen molar-refractivity contribution < 1.29 is 0 Å². The maximum Gasteiger partial charge on any atom is 0.0243 e. The summed E-state index contributed by atoms with van der Waals surface area (Å²) in [5.74, 6) is 2.66. The number of hydrogen-bond donors (Lipinski definition) is 0. The van der Waals surface area contributed by atoms with Crippen molar-refractivity contribution in [2.24, 2.45) is 0 Å². The zero-order chi connectivity index (χ0) is 15.2. The van der Waals surface area contributed by atoms with Crippen LogP contribution in [-0.4, -0.2) is 0 Å². The zero-order valence-electron chi connectivity index (χ0n) is 12.2. The highest BCUT2D eigenvalue weighted by Crippen LogP contribution is 2.26. The molecule has 22 heavy (non-hydrogen) atoms. The minimum atomic E-state index is 0.899. The molecule has 0 aliphatic rings. The Morgan fingerprint density at radius 2 is 1.23 bits per heavy atom. The first-order valence-electron chi connectivity index (χ1n) is 7.26. The fourth-order valence-electron chi connectivity index (χ4n) is 2.41. The molecule has 0 bridgehead atoms. The van der Waals surface area contributed by atoms with Crippen LogP contribution in [0.3, 0.4) is 0 Å². The SMILES string of the molecule is C#Cc1ccc(C(=Cc2ccccc2)c2ccccc2)cc1. The highest BCUT2D eigenvalue weighted by Gasteiger charge is 2.05. The van der Waals surface area contributed by atoms with Gasteiger partial charge in [-0.25, -0.2) is 0 Å². The van der Waals surface area contributed by atoms with E-state index in [0.29, 0.717) is 0 Å². The van der Waals surface area contributed by atoms with Crippen LogP contribution in [0.25, 0.3) is 11.6 Å². The van der Waals surface area contributed by atoms with Gasteiger partial charge < -0.3 is 0 Å². The van der Waals surface area contributed by atoms with Crippen LogP contribution < -0.4 is 0 Å². The molecule has 0 fully saturated rings. The van der Waals surface area contributed by atoms with Gasteiger partial charge in [0.25, 0.3) is 0 Å². The van der Waals surface area contributed by atoms with Crippen LogP contribution in [0.5, 0.6) is 0 Å². The average molecular weight is 280 g/mol. The Morgan fingerprint density at radius 3 is 1.82 bits per heavy atom. The topological polar surface area (TPSA) is 0 Å². The second-order valence-corrected chi connectivity index (χ2v) is 5.06. The molecule has 0 heteroatoms. The Kier molecular flexibility index (Phi) is 4.18. The molecule has 3 rings (SSSR count). The molecule has 0 radical (unpaired) electrons. The molecule has 0 aromatic heterocycles. The Morgan fingerprint density at radius 1 is 0.682 bits per heavy atom. The molecule has 0 unspecified atom stereocenters. The van der Waals surface area contributed by atoms with Gasteiger partial charge in [-0.3, -0.25) is 0 Å². The molecule has 3 aromatic carbocycles. The van der Waals surface area contributed by atoms with E-state index in [1.165, 1.54) is 16.7 Å². The van der Waals surface area contributed by atoms with Crippen molar-refractivity contribution in [3.8, 4) is 12.3 Å². The van der Waals surface area contributed by atoms with Crippen molar-refractivity contribution in [3.05, 3.63) is 107 Å². The monoisotopic (exact) mass is 280 g/mol. The molecule has 0 aliphatic heterocycles. The fourth-order valence-corrected chi connectivity index (χ4v) is 2.41. The Labute approximate surface area is 131 Å². The van der Waals surface area contributed by atoms with E-state index in [1.807, 2.05) is 24.3 Å². The maximum atomic E-state index is 5.45. The van der Waals surface area contributed by atoms with Crippen LogP contribution in [-0.2, 0) is 0 Å². The van der Waals surface area contributed by atoms with E-state index in [9.17, 15) is 0 Å². The second kappa shape index (κ2) is 6.61. The average Bonchev–Trinajstić information content (AvgIpc) is 2.61. The minimum Gasteiger partial charge on any atom is -0.115 e. The van der Waals surface area contributed by atoms with Crippen molar-refractivity contribution in [3.63, 3.8) is 0 Å². The van der Waals surface area contributed by atoms with Gasteiger partial charge in [0.1, 0.15) is 0 Å². The summed E-state index contributed by atoms with van der Waals surface area (Å²) in [5.41, 5.74) is 5.63. The quantitative estimate of drug-likeness (QED) is 0.453. The normalized spacial score (nSPS) is 11.0. The highest BCUT2D eigenvalue weighted by atomic mass is 14.1. The first-order valence-corrected chi connectivity index (χ1v) is 7.26. The van der Waals surface area contributed by atoms with Crippen molar-refractivity contribution in [1.29, 1.82) is 0 Å². The third kappa shape index (κ3) is 3.16. The Hall–Kier alpha value is -3.04. The molecule has 0 heterocycles. The summed E-state index contributed by atoms with van der Waals surface area (Å²) in [6, 6.07) is 28.9. The molecule has 0 aliphatic carbocycles. The molecular formula is C22H16. The van der Waals surface area contributed by atoms with Crippen molar-refractivity contribution in [1.82, 2.24) is 0 Å². The van der Waals surface area contributed by atoms with Gasteiger partial charge in [-0.15, -0.1) is 6.42 Å². The molecular weight excluding hydrogens is 264 g/mol. The van der Waals surface area contributed by atoms with Crippen LogP contribution >= 0.6 is 0 Å². The summed E-state index contributed by atoms with van der Waals surface area (Å²) in [7, 11) is 0. The van der Waals surface area contributed by atoms with Gasteiger partial charge in [0.2, 0.25) is 0 Å². The van der Waals surface area contributed by atoms with E-state index < -0.39 is 0 Å². The van der Waals surface area contributed by atoms with E-state index in [1.54, 1.807) is 0 Å². The lowest BCUT2D eigenvalue weighted by molar-refractivity contribution is 1.54. The maximum absolute atomic E-state index is 5.45. The molecule has 0 amide bonds. The van der Waals surface area contributed by atoms with Crippen molar-refractivity contribution in [2.75, 3.05) is 0 Å². The largest absolute Gasteiger partial charge is 0.115 e. The number of rotatable bonds is 3. The van der Waals surface area contributed by atoms with Gasteiger partial charge in [0.15, 0.2) is 0 Å². The lowest BCUT2D eigenvalue weighted by Gasteiger charge is -2.09. The fraction of sp³-hybridized carbons (Fsp3) is 0. The van der Waals surface area contributed by atoms with Crippen molar-refractivity contribution >= 4 is 11.6 Å². The molecule has 0 nitrogen and oxygen atoms in total. The Balaban J connectivity index is 2.11. The third-order valence-electron chi connectivity index (χ3n) is 3.56. The van der Waals surface area contributed by atoms with E-state index >= 15 is 0 Å². The Bertz CT molecular complexity index is 801. The second-order valence-electron chi connectivity index (χ2n) is 5.06. The number of hydrogen-bond acceptors (Lipinski definition) is 0. The summed E-state index contributed by atoms with van der Waals surface area (Å²) in [4.78, 5) is 0. The zero-order valence-corrected chi connectivity index (χ0v) is 12.2. The molecule has 0 atom stereocenters. The lowest BCUT2D eigenvalue weighted by Crippen LogP contribution is -1.88. The van der Waals surface area contributed by atoms with E-state index in [0.717, 1.165) is 11.1 Å². The summed E-state index contributed by atoms with van der Waals surface area (Å²) in [6.07, 6.45) is 7.65.